The van der Waals surface area contributed by atoms with Gasteiger partial charge in [-0.2, -0.15) is 0 Å². The van der Waals surface area contributed by atoms with Crippen molar-refractivity contribution >= 4 is 17.3 Å². The monoisotopic (exact) mass is 266 g/mol. The van der Waals surface area contributed by atoms with Gasteiger partial charge >= 0.3 is 0 Å². The molecule has 4 heteroatoms. The van der Waals surface area contributed by atoms with E-state index in [1.54, 1.807) is 7.11 Å². The Balaban J connectivity index is 2.79. The molecule has 0 heterocycles. The standard InChI is InChI=1S/C14H22N2OS/c1-5-10-15-14(18)16(3)11(2)12-8-6-7-9-13(12)17-4/h6-9,11H,5,10H2,1-4H3,(H,15,18)/t11-/m0/s1. The number of nitrogens with one attached hydrogen (secondary N) is 1. The number of thiocarbonyl (C=S) groups is 1. The zero-order valence-electron chi connectivity index (χ0n) is 11.6. The average molecular weight is 266 g/mol. The molecule has 0 aliphatic carbocycles. The third-order valence-corrected chi connectivity index (χ3v) is 3.45. The van der Waals surface area contributed by atoms with Crippen molar-refractivity contribution in [1.29, 1.82) is 0 Å². The molecule has 0 radical (unpaired) electrons. The fraction of sp³-hybridized carbons (Fsp3) is 0.500. The number of hydrogen-bond acceptors (Lipinski definition) is 2. The molecule has 0 amide bonds. The van der Waals surface area contributed by atoms with E-state index in [1.807, 2.05) is 25.2 Å². The Labute approximate surface area is 115 Å². The molecular formula is C14H22N2OS. The van der Waals surface area contributed by atoms with Crippen LogP contribution in [0.4, 0.5) is 0 Å². The summed E-state index contributed by atoms with van der Waals surface area (Å²) in [5.74, 6) is 0.898. The molecule has 0 aliphatic heterocycles. The van der Waals surface area contributed by atoms with Gasteiger partial charge in [0.1, 0.15) is 5.75 Å². The Hall–Kier alpha value is -1.29. The van der Waals surface area contributed by atoms with Crippen molar-refractivity contribution in [3.8, 4) is 5.75 Å². The Bertz CT molecular complexity index is 395. The summed E-state index contributed by atoms with van der Waals surface area (Å²) in [6.45, 7) is 5.15. The van der Waals surface area contributed by atoms with Crippen LogP contribution in [0.2, 0.25) is 0 Å². The molecular weight excluding hydrogens is 244 g/mol. The predicted octanol–water partition coefficient (Wildman–Crippen LogP) is 2.97. The van der Waals surface area contributed by atoms with E-state index in [0.29, 0.717) is 0 Å². The maximum Gasteiger partial charge on any atom is 0.169 e. The second-order valence-electron chi connectivity index (χ2n) is 4.26. The lowest BCUT2D eigenvalue weighted by Crippen LogP contribution is -2.38. The SMILES string of the molecule is CCCNC(=S)N(C)[C@@H](C)c1ccccc1OC. The molecule has 0 bridgehead atoms. The largest absolute Gasteiger partial charge is 0.496 e. The maximum atomic E-state index is 5.39. The highest BCUT2D eigenvalue weighted by Gasteiger charge is 2.17. The Morgan fingerprint density at radius 3 is 2.72 bits per heavy atom. The summed E-state index contributed by atoms with van der Waals surface area (Å²) in [5, 5.41) is 4.01. The van der Waals surface area contributed by atoms with Gasteiger partial charge in [-0.25, -0.2) is 0 Å². The third-order valence-electron chi connectivity index (χ3n) is 3.02. The number of nitrogens with zero attached hydrogens (tertiary/aromatic N) is 1. The third kappa shape index (κ3) is 3.60. The molecule has 0 saturated carbocycles. The Morgan fingerprint density at radius 2 is 2.11 bits per heavy atom. The van der Waals surface area contributed by atoms with Crippen LogP contribution in [0.5, 0.6) is 5.75 Å². The van der Waals surface area contributed by atoms with Crippen LogP contribution in [0.25, 0.3) is 0 Å². The highest BCUT2D eigenvalue weighted by molar-refractivity contribution is 7.80. The molecule has 18 heavy (non-hydrogen) atoms. The summed E-state index contributed by atoms with van der Waals surface area (Å²) >= 11 is 5.37. The quantitative estimate of drug-likeness (QED) is 0.828. The van der Waals surface area contributed by atoms with E-state index >= 15 is 0 Å². The zero-order valence-corrected chi connectivity index (χ0v) is 12.4. The molecule has 1 atom stereocenters. The fourth-order valence-electron chi connectivity index (χ4n) is 1.75. The van der Waals surface area contributed by atoms with Gasteiger partial charge in [0.15, 0.2) is 5.11 Å². The van der Waals surface area contributed by atoms with E-state index in [0.717, 1.165) is 29.4 Å². The van der Waals surface area contributed by atoms with Crippen LogP contribution in [0.15, 0.2) is 24.3 Å². The van der Waals surface area contributed by atoms with Gasteiger partial charge in [-0.3, -0.25) is 0 Å². The lowest BCUT2D eigenvalue weighted by atomic mass is 10.1. The van der Waals surface area contributed by atoms with Gasteiger partial charge in [0.05, 0.1) is 13.2 Å². The molecule has 0 spiro atoms. The van der Waals surface area contributed by atoms with Crippen molar-refractivity contribution in [1.82, 2.24) is 10.2 Å². The summed E-state index contributed by atoms with van der Waals surface area (Å²) in [5.41, 5.74) is 1.14. The van der Waals surface area contributed by atoms with Gasteiger partial charge in [0.2, 0.25) is 0 Å². The first kappa shape index (κ1) is 14.8. The molecule has 100 valence electrons. The van der Waals surface area contributed by atoms with Gasteiger partial charge in [-0.15, -0.1) is 0 Å². The Kier molecular flexibility index (Phi) is 5.92. The van der Waals surface area contributed by atoms with Crippen molar-refractivity contribution < 1.29 is 4.74 Å². The second-order valence-corrected chi connectivity index (χ2v) is 4.65. The molecule has 1 aromatic carbocycles. The number of methoxy groups -OCH3 is 1. The molecule has 0 aliphatic rings. The minimum Gasteiger partial charge on any atom is -0.496 e. The van der Waals surface area contributed by atoms with Gasteiger partial charge in [0, 0.05) is 19.2 Å². The van der Waals surface area contributed by atoms with E-state index in [4.69, 9.17) is 17.0 Å². The Morgan fingerprint density at radius 1 is 1.44 bits per heavy atom. The fourth-order valence-corrected chi connectivity index (χ4v) is 2.01. The minimum atomic E-state index is 0.179. The van der Waals surface area contributed by atoms with Crippen molar-refractivity contribution in [2.75, 3.05) is 20.7 Å². The number of hydrogen-bond donors (Lipinski definition) is 1. The van der Waals surface area contributed by atoms with Crippen molar-refractivity contribution in [2.45, 2.75) is 26.3 Å². The molecule has 0 aromatic heterocycles. The molecule has 1 N–H and O–H groups in total. The van der Waals surface area contributed by atoms with E-state index in [9.17, 15) is 0 Å². The lowest BCUT2D eigenvalue weighted by molar-refractivity contribution is 0.362. The molecule has 0 fully saturated rings. The zero-order chi connectivity index (χ0) is 13.5. The highest BCUT2D eigenvalue weighted by Crippen LogP contribution is 2.27. The summed E-state index contributed by atoms with van der Waals surface area (Å²) < 4.78 is 5.39. The molecule has 0 saturated heterocycles. The van der Waals surface area contributed by atoms with Crippen LogP contribution in [0.3, 0.4) is 0 Å². The summed E-state index contributed by atoms with van der Waals surface area (Å²) in [6, 6.07) is 8.22. The molecule has 3 nitrogen and oxygen atoms in total. The van der Waals surface area contributed by atoms with Crippen LogP contribution < -0.4 is 10.1 Å². The summed E-state index contributed by atoms with van der Waals surface area (Å²) in [7, 11) is 3.70. The van der Waals surface area contributed by atoms with E-state index in [-0.39, 0.29) is 6.04 Å². The van der Waals surface area contributed by atoms with Gasteiger partial charge in [-0.1, -0.05) is 25.1 Å². The second kappa shape index (κ2) is 7.21. The molecule has 1 aromatic rings. The van der Waals surface area contributed by atoms with E-state index < -0.39 is 0 Å². The number of benzene rings is 1. The first-order chi connectivity index (χ1) is 8.61. The van der Waals surface area contributed by atoms with Gasteiger partial charge < -0.3 is 15.0 Å². The number of para-hydroxylation sites is 1. The maximum absolute atomic E-state index is 5.39. The lowest BCUT2D eigenvalue weighted by Gasteiger charge is -2.29. The van der Waals surface area contributed by atoms with Crippen LogP contribution in [0, 0.1) is 0 Å². The first-order valence-electron chi connectivity index (χ1n) is 6.25. The topological polar surface area (TPSA) is 24.5 Å². The first-order valence-corrected chi connectivity index (χ1v) is 6.66. The minimum absolute atomic E-state index is 0.179. The van der Waals surface area contributed by atoms with Crippen LogP contribution in [-0.4, -0.2) is 30.7 Å². The van der Waals surface area contributed by atoms with Crippen molar-refractivity contribution in [3.05, 3.63) is 29.8 Å². The van der Waals surface area contributed by atoms with Crippen molar-refractivity contribution in [3.63, 3.8) is 0 Å². The summed E-state index contributed by atoms with van der Waals surface area (Å²) in [4.78, 5) is 2.06. The van der Waals surface area contributed by atoms with Crippen LogP contribution in [-0.2, 0) is 0 Å². The van der Waals surface area contributed by atoms with Crippen LogP contribution >= 0.6 is 12.2 Å². The number of ether oxygens (including phenoxy) is 1. The van der Waals surface area contributed by atoms with Gasteiger partial charge in [-0.05, 0) is 31.6 Å². The van der Waals surface area contributed by atoms with E-state index in [1.165, 1.54) is 0 Å². The van der Waals surface area contributed by atoms with E-state index in [2.05, 4.69) is 30.1 Å². The molecule has 1 rings (SSSR count). The van der Waals surface area contributed by atoms with Crippen LogP contribution in [0.1, 0.15) is 31.9 Å². The van der Waals surface area contributed by atoms with Gasteiger partial charge in [0.25, 0.3) is 0 Å². The highest BCUT2D eigenvalue weighted by atomic mass is 32.1. The normalized spacial score (nSPS) is 11.8. The average Bonchev–Trinajstić information content (AvgIpc) is 2.42. The molecule has 0 unspecified atom stereocenters. The number of rotatable bonds is 5. The predicted molar refractivity (Wildman–Crippen MR) is 80.1 cm³/mol. The summed E-state index contributed by atoms with van der Waals surface area (Å²) in [6.07, 6.45) is 1.07. The smallest absolute Gasteiger partial charge is 0.169 e. The van der Waals surface area contributed by atoms with Crippen molar-refractivity contribution in [2.24, 2.45) is 0 Å².